The van der Waals surface area contributed by atoms with Crippen molar-refractivity contribution in [3.8, 4) is 5.82 Å². The molecule has 2 heterocycles. The fourth-order valence-corrected chi connectivity index (χ4v) is 2.03. The van der Waals surface area contributed by atoms with Gasteiger partial charge in [-0.3, -0.25) is 0 Å². The maximum absolute atomic E-state index is 11.8. The summed E-state index contributed by atoms with van der Waals surface area (Å²) in [5.74, 6) is 0.701. The molecule has 0 bridgehead atoms. The summed E-state index contributed by atoms with van der Waals surface area (Å²) in [6.45, 7) is 2.06. The number of nitrogen functional groups attached to an aromatic ring is 1. The molecule has 2 aromatic heterocycles. The number of hydrogen-bond acceptors (Lipinski definition) is 5. The Morgan fingerprint density at radius 2 is 2.35 bits per heavy atom. The smallest absolute Gasteiger partial charge is 0.340 e. The number of aromatic nitrogens is 3. The second-order valence-corrected chi connectivity index (χ2v) is 4.81. The van der Waals surface area contributed by atoms with E-state index >= 15 is 0 Å². The SMILES string of the molecule is CCOC(=O)c1cc(-n2ccc(C3CC3)n2)ncc1N. The van der Waals surface area contributed by atoms with Gasteiger partial charge in [0.05, 0.1) is 29.7 Å². The van der Waals surface area contributed by atoms with E-state index in [0.717, 1.165) is 5.69 Å². The van der Waals surface area contributed by atoms with Crippen LogP contribution in [0.3, 0.4) is 0 Å². The number of anilines is 1. The Balaban J connectivity index is 1.92. The van der Waals surface area contributed by atoms with Crippen LogP contribution in [-0.2, 0) is 4.74 Å². The van der Waals surface area contributed by atoms with Crippen LogP contribution in [-0.4, -0.2) is 27.3 Å². The van der Waals surface area contributed by atoms with Crippen molar-refractivity contribution in [2.75, 3.05) is 12.3 Å². The molecule has 2 aromatic rings. The molecular formula is C14H16N4O2. The molecule has 0 radical (unpaired) electrons. The molecule has 0 amide bonds. The Morgan fingerprint density at radius 1 is 1.55 bits per heavy atom. The molecule has 1 aliphatic carbocycles. The number of esters is 1. The summed E-state index contributed by atoms with van der Waals surface area (Å²) in [7, 11) is 0. The van der Waals surface area contributed by atoms with E-state index in [9.17, 15) is 4.79 Å². The summed E-state index contributed by atoms with van der Waals surface area (Å²) in [5.41, 5.74) is 7.47. The Labute approximate surface area is 116 Å². The van der Waals surface area contributed by atoms with Crippen LogP contribution < -0.4 is 5.73 Å². The van der Waals surface area contributed by atoms with Gasteiger partial charge in [-0.25, -0.2) is 14.5 Å². The highest BCUT2D eigenvalue weighted by Crippen LogP contribution is 2.39. The minimum Gasteiger partial charge on any atom is -0.462 e. The molecule has 3 rings (SSSR count). The van der Waals surface area contributed by atoms with Crippen LogP contribution in [0.1, 0.15) is 41.7 Å². The van der Waals surface area contributed by atoms with Crippen molar-refractivity contribution in [2.24, 2.45) is 0 Å². The van der Waals surface area contributed by atoms with E-state index in [0.29, 0.717) is 29.6 Å². The molecule has 6 heteroatoms. The van der Waals surface area contributed by atoms with E-state index in [1.54, 1.807) is 17.7 Å². The summed E-state index contributed by atoms with van der Waals surface area (Å²) in [6.07, 6.45) is 5.70. The molecule has 0 aliphatic heterocycles. The van der Waals surface area contributed by atoms with E-state index in [1.165, 1.54) is 19.0 Å². The van der Waals surface area contributed by atoms with E-state index in [-0.39, 0.29) is 0 Å². The van der Waals surface area contributed by atoms with Gasteiger partial charge in [-0.05, 0) is 31.9 Å². The van der Waals surface area contributed by atoms with Crippen LogP contribution in [0, 0.1) is 0 Å². The van der Waals surface area contributed by atoms with Gasteiger partial charge in [0.2, 0.25) is 0 Å². The van der Waals surface area contributed by atoms with E-state index in [2.05, 4.69) is 10.1 Å². The van der Waals surface area contributed by atoms with Gasteiger partial charge in [-0.1, -0.05) is 0 Å². The molecule has 104 valence electrons. The fraction of sp³-hybridized carbons (Fsp3) is 0.357. The zero-order chi connectivity index (χ0) is 14.1. The highest BCUT2D eigenvalue weighted by atomic mass is 16.5. The highest BCUT2D eigenvalue weighted by Gasteiger charge is 2.26. The third-order valence-corrected chi connectivity index (χ3v) is 3.26. The Morgan fingerprint density at radius 3 is 3.05 bits per heavy atom. The number of rotatable bonds is 4. The van der Waals surface area contributed by atoms with Gasteiger partial charge in [0.25, 0.3) is 0 Å². The normalized spacial score (nSPS) is 14.2. The molecule has 1 saturated carbocycles. The van der Waals surface area contributed by atoms with Gasteiger partial charge in [0.1, 0.15) is 0 Å². The lowest BCUT2D eigenvalue weighted by Crippen LogP contribution is -2.10. The lowest BCUT2D eigenvalue weighted by Gasteiger charge is -2.07. The Bertz CT molecular complexity index is 646. The Kier molecular flexibility index (Phi) is 3.14. The number of nitrogens with zero attached hydrogens (tertiary/aromatic N) is 3. The molecule has 0 saturated heterocycles. The third kappa shape index (κ3) is 2.36. The predicted molar refractivity (Wildman–Crippen MR) is 73.7 cm³/mol. The molecule has 0 spiro atoms. The van der Waals surface area contributed by atoms with Crippen molar-refractivity contribution in [3.63, 3.8) is 0 Å². The third-order valence-electron chi connectivity index (χ3n) is 3.26. The number of ether oxygens (including phenoxy) is 1. The Hall–Kier alpha value is -2.37. The molecule has 2 N–H and O–H groups in total. The summed E-state index contributed by atoms with van der Waals surface area (Å²) >= 11 is 0. The van der Waals surface area contributed by atoms with Gasteiger partial charge in [-0.2, -0.15) is 5.10 Å². The van der Waals surface area contributed by atoms with Gasteiger partial charge in [-0.15, -0.1) is 0 Å². The van der Waals surface area contributed by atoms with Crippen LogP contribution in [0.2, 0.25) is 0 Å². The van der Waals surface area contributed by atoms with Crippen LogP contribution in [0.4, 0.5) is 5.69 Å². The monoisotopic (exact) mass is 272 g/mol. The van der Waals surface area contributed by atoms with Crippen molar-refractivity contribution < 1.29 is 9.53 Å². The van der Waals surface area contributed by atoms with Crippen molar-refractivity contribution in [2.45, 2.75) is 25.7 Å². The first-order valence-corrected chi connectivity index (χ1v) is 6.67. The van der Waals surface area contributed by atoms with Crippen molar-refractivity contribution in [3.05, 3.63) is 35.8 Å². The van der Waals surface area contributed by atoms with Crippen molar-refractivity contribution >= 4 is 11.7 Å². The average molecular weight is 272 g/mol. The fourth-order valence-electron chi connectivity index (χ4n) is 2.03. The quantitative estimate of drug-likeness (QED) is 0.859. The number of pyridine rings is 1. The van der Waals surface area contributed by atoms with E-state index in [1.807, 2.05) is 12.3 Å². The maximum atomic E-state index is 11.8. The van der Waals surface area contributed by atoms with Gasteiger partial charge in [0, 0.05) is 12.1 Å². The molecule has 20 heavy (non-hydrogen) atoms. The summed E-state index contributed by atoms with van der Waals surface area (Å²) in [5, 5.41) is 4.48. The van der Waals surface area contributed by atoms with Gasteiger partial charge < -0.3 is 10.5 Å². The number of hydrogen-bond donors (Lipinski definition) is 1. The summed E-state index contributed by atoms with van der Waals surface area (Å²) < 4.78 is 6.64. The van der Waals surface area contributed by atoms with E-state index in [4.69, 9.17) is 10.5 Å². The first-order valence-electron chi connectivity index (χ1n) is 6.67. The van der Waals surface area contributed by atoms with Crippen LogP contribution >= 0.6 is 0 Å². The van der Waals surface area contributed by atoms with Crippen molar-refractivity contribution in [1.82, 2.24) is 14.8 Å². The number of nitrogens with two attached hydrogens (primary N) is 1. The van der Waals surface area contributed by atoms with Crippen molar-refractivity contribution in [1.29, 1.82) is 0 Å². The van der Waals surface area contributed by atoms with Crippen LogP contribution in [0.5, 0.6) is 0 Å². The number of carbonyl (C=O) groups excluding carboxylic acids is 1. The maximum Gasteiger partial charge on any atom is 0.340 e. The second kappa shape index (κ2) is 4.96. The van der Waals surface area contributed by atoms with Gasteiger partial charge in [0.15, 0.2) is 5.82 Å². The molecule has 1 aliphatic rings. The summed E-state index contributed by atoms with van der Waals surface area (Å²) in [6, 6.07) is 3.59. The van der Waals surface area contributed by atoms with E-state index < -0.39 is 5.97 Å². The standard InChI is InChI=1S/C14H16N4O2/c1-2-20-14(19)10-7-13(16-8-11(10)15)18-6-5-12(17-18)9-3-4-9/h5-9H,2-4,15H2,1H3. The lowest BCUT2D eigenvalue weighted by molar-refractivity contribution is 0.0527. The highest BCUT2D eigenvalue weighted by molar-refractivity contribution is 5.95. The average Bonchev–Trinajstić information content (AvgIpc) is 3.18. The zero-order valence-corrected chi connectivity index (χ0v) is 11.2. The predicted octanol–water partition coefficient (Wildman–Crippen LogP) is 1.90. The molecular weight excluding hydrogens is 256 g/mol. The first kappa shape index (κ1) is 12.7. The van der Waals surface area contributed by atoms with Crippen LogP contribution in [0.15, 0.2) is 24.5 Å². The zero-order valence-electron chi connectivity index (χ0n) is 11.2. The minimum absolute atomic E-state index is 0.307. The largest absolute Gasteiger partial charge is 0.462 e. The molecule has 0 unspecified atom stereocenters. The van der Waals surface area contributed by atoms with Gasteiger partial charge >= 0.3 is 5.97 Å². The molecule has 6 nitrogen and oxygen atoms in total. The van der Waals surface area contributed by atoms with Crippen LogP contribution in [0.25, 0.3) is 5.82 Å². The molecule has 1 fully saturated rings. The topological polar surface area (TPSA) is 83.0 Å². The first-order chi connectivity index (χ1) is 9.69. The minimum atomic E-state index is -0.441. The molecule has 0 atom stereocenters. The molecule has 0 aromatic carbocycles. The number of carbonyl (C=O) groups is 1. The second-order valence-electron chi connectivity index (χ2n) is 4.81. The summed E-state index contributed by atoms with van der Waals surface area (Å²) in [4.78, 5) is 16.0. The lowest BCUT2D eigenvalue weighted by atomic mass is 10.2.